The molecule has 0 fully saturated rings. The number of carbonyl (C=O) groups is 1. The molecule has 1 unspecified atom stereocenters. The smallest absolute Gasteiger partial charge is 0.321 e. The summed E-state index contributed by atoms with van der Waals surface area (Å²) < 4.78 is 5.08. The highest BCUT2D eigenvalue weighted by Gasteiger charge is 2.20. The predicted octanol–water partition coefficient (Wildman–Crippen LogP) is 3.61. The summed E-state index contributed by atoms with van der Waals surface area (Å²) in [5.41, 5.74) is 0.788. The molecule has 4 heteroatoms. The predicted molar refractivity (Wildman–Crippen MR) is 75.7 cm³/mol. The van der Waals surface area contributed by atoms with Crippen LogP contribution in [-0.2, 0) is 4.79 Å². The highest BCUT2D eigenvalue weighted by Crippen LogP contribution is 2.35. The van der Waals surface area contributed by atoms with Crippen molar-refractivity contribution < 1.29 is 14.6 Å². The Morgan fingerprint density at radius 1 is 1.11 bits per heavy atom. The van der Waals surface area contributed by atoms with E-state index >= 15 is 0 Å². The topological polar surface area (TPSA) is 46.5 Å². The number of hydrogen-bond donors (Lipinski definition) is 1. The van der Waals surface area contributed by atoms with Gasteiger partial charge in [-0.1, -0.05) is 30.3 Å². The number of methoxy groups -OCH3 is 1. The number of thioether (sulfide) groups is 1. The number of benzene rings is 2. The van der Waals surface area contributed by atoms with E-state index < -0.39 is 11.2 Å². The maximum Gasteiger partial charge on any atom is 0.321 e. The summed E-state index contributed by atoms with van der Waals surface area (Å²) in [6.45, 7) is 0. The molecule has 0 aliphatic carbocycles. The molecule has 98 valence electrons. The van der Waals surface area contributed by atoms with Gasteiger partial charge in [0.2, 0.25) is 0 Å². The Balaban J connectivity index is 2.19. The lowest BCUT2D eigenvalue weighted by molar-refractivity contribution is -0.136. The Hall–Kier alpha value is -1.94. The van der Waals surface area contributed by atoms with Crippen molar-refractivity contribution in [3.8, 4) is 5.75 Å². The number of hydrogen-bond acceptors (Lipinski definition) is 3. The first-order valence-electron chi connectivity index (χ1n) is 5.79. The van der Waals surface area contributed by atoms with Crippen LogP contribution in [0, 0.1) is 0 Å². The molecule has 2 aromatic rings. The van der Waals surface area contributed by atoms with Crippen LogP contribution in [0.1, 0.15) is 10.8 Å². The van der Waals surface area contributed by atoms with Gasteiger partial charge in [-0.2, -0.15) is 0 Å². The Kier molecular flexibility index (Phi) is 4.47. The summed E-state index contributed by atoms with van der Waals surface area (Å²) in [6, 6.07) is 16.6. The van der Waals surface area contributed by atoms with E-state index in [0.717, 1.165) is 16.2 Å². The molecule has 1 N–H and O–H groups in total. The quantitative estimate of drug-likeness (QED) is 0.846. The minimum atomic E-state index is -0.841. The zero-order chi connectivity index (χ0) is 13.7. The lowest BCUT2D eigenvalue weighted by Crippen LogP contribution is -2.07. The molecule has 0 aliphatic rings. The van der Waals surface area contributed by atoms with Gasteiger partial charge in [-0.05, 0) is 29.8 Å². The Morgan fingerprint density at radius 3 is 2.26 bits per heavy atom. The molecule has 3 nitrogen and oxygen atoms in total. The van der Waals surface area contributed by atoms with Crippen molar-refractivity contribution in [2.45, 2.75) is 10.1 Å². The molecule has 0 aromatic heterocycles. The van der Waals surface area contributed by atoms with Gasteiger partial charge in [-0.15, -0.1) is 11.8 Å². The molecule has 19 heavy (non-hydrogen) atoms. The summed E-state index contributed by atoms with van der Waals surface area (Å²) in [4.78, 5) is 12.3. The van der Waals surface area contributed by atoms with E-state index in [4.69, 9.17) is 4.74 Å². The van der Waals surface area contributed by atoms with Crippen LogP contribution < -0.4 is 4.74 Å². The molecule has 0 radical (unpaired) electrons. The lowest BCUT2D eigenvalue weighted by Gasteiger charge is -2.12. The molecule has 0 heterocycles. The van der Waals surface area contributed by atoms with Crippen LogP contribution in [0.3, 0.4) is 0 Å². The second kappa shape index (κ2) is 6.29. The number of carboxylic acid groups (broad SMARTS) is 1. The molecule has 1 atom stereocenters. The van der Waals surface area contributed by atoms with E-state index in [2.05, 4.69) is 0 Å². The Labute approximate surface area is 116 Å². The SMILES string of the molecule is COc1ccc(SC(C(=O)O)c2ccccc2)cc1. The van der Waals surface area contributed by atoms with Crippen LogP contribution in [0.2, 0.25) is 0 Å². The first kappa shape index (κ1) is 13.5. The fourth-order valence-corrected chi connectivity index (χ4v) is 2.64. The van der Waals surface area contributed by atoms with Crippen LogP contribution in [-0.4, -0.2) is 18.2 Å². The second-order valence-electron chi connectivity index (χ2n) is 3.92. The molecule has 0 amide bonds. The maximum atomic E-state index is 11.4. The zero-order valence-electron chi connectivity index (χ0n) is 10.4. The zero-order valence-corrected chi connectivity index (χ0v) is 11.3. The molecule has 0 aliphatic heterocycles. The fraction of sp³-hybridized carbons (Fsp3) is 0.133. The van der Waals surface area contributed by atoms with Gasteiger partial charge < -0.3 is 9.84 Å². The van der Waals surface area contributed by atoms with Gasteiger partial charge in [0.15, 0.2) is 0 Å². The first-order valence-corrected chi connectivity index (χ1v) is 6.67. The van der Waals surface area contributed by atoms with Crippen molar-refractivity contribution in [3.63, 3.8) is 0 Å². The highest BCUT2D eigenvalue weighted by atomic mass is 32.2. The van der Waals surface area contributed by atoms with Crippen molar-refractivity contribution in [1.82, 2.24) is 0 Å². The number of ether oxygens (including phenoxy) is 1. The minimum absolute atomic E-state index is 0.602. The van der Waals surface area contributed by atoms with E-state index in [1.807, 2.05) is 54.6 Å². The molecule has 2 rings (SSSR count). The van der Waals surface area contributed by atoms with Crippen LogP contribution >= 0.6 is 11.8 Å². The minimum Gasteiger partial charge on any atom is -0.497 e. The Morgan fingerprint density at radius 2 is 1.74 bits per heavy atom. The van der Waals surface area contributed by atoms with Crippen molar-refractivity contribution in [2.75, 3.05) is 7.11 Å². The van der Waals surface area contributed by atoms with Crippen LogP contribution in [0.5, 0.6) is 5.75 Å². The van der Waals surface area contributed by atoms with Crippen LogP contribution in [0.15, 0.2) is 59.5 Å². The van der Waals surface area contributed by atoms with Gasteiger partial charge in [0.1, 0.15) is 11.0 Å². The molecule has 2 aromatic carbocycles. The molecule has 0 spiro atoms. The van der Waals surface area contributed by atoms with Gasteiger partial charge in [0.05, 0.1) is 7.11 Å². The normalized spacial score (nSPS) is 11.8. The number of rotatable bonds is 5. The number of aliphatic carboxylic acids is 1. The fourth-order valence-electron chi connectivity index (χ4n) is 1.68. The second-order valence-corrected chi connectivity index (χ2v) is 5.10. The van der Waals surface area contributed by atoms with E-state index in [9.17, 15) is 9.90 Å². The average Bonchev–Trinajstić information content (AvgIpc) is 2.46. The molecule has 0 saturated carbocycles. The van der Waals surface area contributed by atoms with E-state index in [1.54, 1.807) is 7.11 Å². The summed E-state index contributed by atoms with van der Waals surface area (Å²) >= 11 is 1.31. The lowest BCUT2D eigenvalue weighted by atomic mass is 10.1. The summed E-state index contributed by atoms with van der Waals surface area (Å²) in [6.07, 6.45) is 0. The van der Waals surface area contributed by atoms with Crippen molar-refractivity contribution >= 4 is 17.7 Å². The van der Waals surface area contributed by atoms with Gasteiger partial charge in [0.25, 0.3) is 0 Å². The van der Waals surface area contributed by atoms with Crippen LogP contribution in [0.25, 0.3) is 0 Å². The third-order valence-corrected chi connectivity index (χ3v) is 3.89. The summed E-state index contributed by atoms with van der Waals surface area (Å²) in [5.74, 6) is -0.0806. The Bertz CT molecular complexity index is 537. The molecule has 0 bridgehead atoms. The van der Waals surface area contributed by atoms with Crippen molar-refractivity contribution in [3.05, 3.63) is 60.2 Å². The molecular formula is C15H14O3S. The van der Waals surface area contributed by atoms with E-state index in [0.29, 0.717) is 0 Å². The summed E-state index contributed by atoms with van der Waals surface area (Å²) in [7, 11) is 1.60. The van der Waals surface area contributed by atoms with Crippen molar-refractivity contribution in [2.24, 2.45) is 0 Å². The van der Waals surface area contributed by atoms with Gasteiger partial charge in [-0.3, -0.25) is 4.79 Å². The molecule has 0 saturated heterocycles. The van der Waals surface area contributed by atoms with Gasteiger partial charge in [0, 0.05) is 4.90 Å². The first-order chi connectivity index (χ1) is 9.20. The van der Waals surface area contributed by atoms with Gasteiger partial charge >= 0.3 is 5.97 Å². The van der Waals surface area contributed by atoms with Gasteiger partial charge in [-0.25, -0.2) is 0 Å². The highest BCUT2D eigenvalue weighted by molar-refractivity contribution is 8.00. The largest absolute Gasteiger partial charge is 0.497 e. The van der Waals surface area contributed by atoms with E-state index in [1.165, 1.54) is 11.8 Å². The van der Waals surface area contributed by atoms with Crippen LogP contribution in [0.4, 0.5) is 0 Å². The van der Waals surface area contributed by atoms with E-state index in [-0.39, 0.29) is 0 Å². The number of carboxylic acids is 1. The average molecular weight is 274 g/mol. The van der Waals surface area contributed by atoms with Crippen molar-refractivity contribution in [1.29, 1.82) is 0 Å². The monoisotopic (exact) mass is 274 g/mol. The maximum absolute atomic E-state index is 11.4. The third kappa shape index (κ3) is 3.51. The standard InChI is InChI=1S/C15H14O3S/c1-18-12-7-9-13(10-8-12)19-14(15(16)17)11-5-3-2-4-6-11/h2-10,14H,1H3,(H,16,17). The molecular weight excluding hydrogens is 260 g/mol. The summed E-state index contributed by atoms with van der Waals surface area (Å²) in [5, 5.41) is 8.74. The third-order valence-electron chi connectivity index (χ3n) is 2.64.